The van der Waals surface area contributed by atoms with Gasteiger partial charge in [0.15, 0.2) is 6.10 Å². The van der Waals surface area contributed by atoms with Crippen molar-refractivity contribution in [2.75, 3.05) is 26.4 Å². The maximum Gasteiger partial charge on any atom is 0.472 e. The summed E-state index contributed by atoms with van der Waals surface area (Å²) in [5, 5.41) is 0. The highest BCUT2D eigenvalue weighted by molar-refractivity contribution is 7.47. The Morgan fingerprint density at radius 1 is 0.564 bits per heavy atom. The Morgan fingerprint density at radius 3 is 1.49 bits per heavy atom. The number of ether oxygens (including phenoxy) is 2. The van der Waals surface area contributed by atoms with Gasteiger partial charge >= 0.3 is 19.8 Å². The molecule has 0 aliphatic rings. The number of unbranched alkanes of at least 4 members (excludes halogenated alkanes) is 5. The predicted octanol–water partition coefficient (Wildman–Crippen LogP) is 11.6. The Bertz CT molecular complexity index is 1260. The molecular weight excluding hydrogens is 713 g/mol. The van der Waals surface area contributed by atoms with Crippen molar-refractivity contribution >= 4 is 19.8 Å². The van der Waals surface area contributed by atoms with E-state index in [1.54, 1.807) is 0 Å². The standard InChI is InChI=1S/C45H72NO8P/c1-3-5-7-9-11-13-15-17-19-20-21-22-24-25-27-29-31-33-35-37-44(47)51-41-43(42-53-55(49,50)52-40-39-46)54-45(48)38-36-34-32-30-28-26-23-18-16-14-12-10-8-6-4-2/h6,8,11-14,17-19,21-23,25,27-28,30-31,33,43H,3-5,7,9-10,15-16,20,24,26,29,32,34-42,46H2,1-2H3,(H,49,50)/t43-/m1/s1. The molecule has 3 N–H and O–H groups in total. The molecule has 0 heterocycles. The Labute approximate surface area is 333 Å². The molecule has 0 bridgehead atoms. The van der Waals surface area contributed by atoms with E-state index in [9.17, 15) is 19.0 Å². The minimum Gasteiger partial charge on any atom is -0.462 e. The van der Waals surface area contributed by atoms with Crippen molar-refractivity contribution in [3.05, 3.63) is 109 Å². The first-order valence-corrected chi connectivity index (χ1v) is 21.9. The van der Waals surface area contributed by atoms with Crippen molar-refractivity contribution < 1.29 is 37.6 Å². The molecule has 10 heteroatoms. The second-order valence-corrected chi connectivity index (χ2v) is 14.2. The zero-order chi connectivity index (χ0) is 40.3. The number of phosphoric ester groups is 1. The third kappa shape index (κ3) is 40.2. The topological polar surface area (TPSA) is 134 Å². The number of nitrogens with two attached hydrogens (primary N) is 1. The van der Waals surface area contributed by atoms with Gasteiger partial charge in [-0.3, -0.25) is 18.6 Å². The van der Waals surface area contributed by atoms with Gasteiger partial charge in [0.05, 0.1) is 13.2 Å². The molecule has 0 radical (unpaired) electrons. The minimum absolute atomic E-state index is 0.0306. The zero-order valence-electron chi connectivity index (χ0n) is 33.9. The van der Waals surface area contributed by atoms with Crippen molar-refractivity contribution in [1.29, 1.82) is 0 Å². The van der Waals surface area contributed by atoms with E-state index in [1.165, 1.54) is 25.7 Å². The van der Waals surface area contributed by atoms with Gasteiger partial charge in [0.1, 0.15) is 6.61 Å². The quantitative estimate of drug-likeness (QED) is 0.0275. The van der Waals surface area contributed by atoms with Gasteiger partial charge in [0, 0.05) is 19.4 Å². The molecular formula is C45H72NO8P. The molecule has 1 unspecified atom stereocenters. The van der Waals surface area contributed by atoms with E-state index in [2.05, 4.69) is 111 Å². The van der Waals surface area contributed by atoms with Crippen LogP contribution < -0.4 is 5.73 Å². The smallest absolute Gasteiger partial charge is 0.462 e. The molecule has 0 aliphatic heterocycles. The summed E-state index contributed by atoms with van der Waals surface area (Å²) in [6.45, 7) is 3.41. The zero-order valence-corrected chi connectivity index (χ0v) is 34.7. The molecule has 310 valence electrons. The molecule has 0 rings (SSSR count). The molecule has 0 spiro atoms. The van der Waals surface area contributed by atoms with E-state index in [4.69, 9.17) is 24.3 Å². The third-order valence-electron chi connectivity index (χ3n) is 7.66. The van der Waals surface area contributed by atoms with Crippen LogP contribution in [0.2, 0.25) is 0 Å². The summed E-state index contributed by atoms with van der Waals surface area (Å²) in [5.41, 5.74) is 5.33. The van der Waals surface area contributed by atoms with Crippen LogP contribution in [0.5, 0.6) is 0 Å². The summed E-state index contributed by atoms with van der Waals surface area (Å²) >= 11 is 0. The van der Waals surface area contributed by atoms with Crippen LogP contribution in [0.25, 0.3) is 0 Å². The van der Waals surface area contributed by atoms with Crippen molar-refractivity contribution in [2.24, 2.45) is 5.73 Å². The molecule has 0 aromatic heterocycles. The molecule has 55 heavy (non-hydrogen) atoms. The summed E-state index contributed by atoms with van der Waals surface area (Å²) in [4.78, 5) is 34.7. The van der Waals surface area contributed by atoms with Crippen LogP contribution in [0.15, 0.2) is 109 Å². The minimum atomic E-state index is -4.41. The van der Waals surface area contributed by atoms with Crippen LogP contribution in [0.4, 0.5) is 0 Å². The molecule has 0 aromatic rings. The Hall–Kier alpha value is -3.33. The van der Waals surface area contributed by atoms with Gasteiger partial charge in [-0.1, -0.05) is 136 Å². The number of hydrogen-bond acceptors (Lipinski definition) is 8. The fraction of sp³-hybridized carbons (Fsp3) is 0.556. The molecule has 0 aromatic carbocycles. The molecule has 0 saturated carbocycles. The van der Waals surface area contributed by atoms with Crippen molar-refractivity contribution in [3.8, 4) is 0 Å². The Balaban J connectivity index is 4.41. The summed E-state index contributed by atoms with van der Waals surface area (Å²) in [5.74, 6) is -0.988. The average molecular weight is 786 g/mol. The fourth-order valence-corrected chi connectivity index (χ4v) is 5.43. The van der Waals surface area contributed by atoms with E-state index >= 15 is 0 Å². The average Bonchev–Trinajstić information content (AvgIpc) is 3.17. The molecule has 0 amide bonds. The highest BCUT2D eigenvalue weighted by atomic mass is 31.2. The lowest BCUT2D eigenvalue weighted by Gasteiger charge is -2.19. The Morgan fingerprint density at radius 2 is 1.02 bits per heavy atom. The SMILES string of the molecule is CCC=CCC=CCC=CCC=CCCCCC(=O)O[C@H](COC(=O)CCC=CCC=CCC=CCC=CCC=CCCCCC)COP(=O)(O)OCCN. The lowest BCUT2D eigenvalue weighted by Crippen LogP contribution is -2.29. The predicted molar refractivity (Wildman–Crippen MR) is 228 cm³/mol. The Kier molecular flexibility index (Phi) is 37.9. The number of phosphoric acid groups is 1. The second-order valence-electron chi connectivity index (χ2n) is 12.8. The molecule has 9 nitrogen and oxygen atoms in total. The van der Waals surface area contributed by atoms with Gasteiger partial charge in [0.25, 0.3) is 0 Å². The van der Waals surface area contributed by atoms with Crippen molar-refractivity contribution in [2.45, 2.75) is 136 Å². The van der Waals surface area contributed by atoms with Gasteiger partial charge < -0.3 is 20.1 Å². The van der Waals surface area contributed by atoms with Gasteiger partial charge in [0.2, 0.25) is 0 Å². The van der Waals surface area contributed by atoms with Crippen LogP contribution in [0, 0.1) is 0 Å². The fourth-order valence-electron chi connectivity index (χ4n) is 4.66. The lowest BCUT2D eigenvalue weighted by atomic mass is 10.2. The lowest BCUT2D eigenvalue weighted by molar-refractivity contribution is -0.161. The summed E-state index contributed by atoms with van der Waals surface area (Å²) in [7, 11) is -4.41. The molecule has 2 atom stereocenters. The van der Waals surface area contributed by atoms with Crippen LogP contribution in [0.3, 0.4) is 0 Å². The highest BCUT2D eigenvalue weighted by Crippen LogP contribution is 2.43. The number of hydrogen-bond donors (Lipinski definition) is 2. The molecule has 0 saturated heterocycles. The maximum atomic E-state index is 12.5. The number of esters is 2. The largest absolute Gasteiger partial charge is 0.472 e. The number of carbonyl (C=O) groups excluding carboxylic acids is 2. The van der Waals surface area contributed by atoms with Crippen molar-refractivity contribution in [3.63, 3.8) is 0 Å². The van der Waals surface area contributed by atoms with E-state index < -0.39 is 32.5 Å². The van der Waals surface area contributed by atoms with E-state index in [-0.39, 0.29) is 32.6 Å². The molecule has 0 fully saturated rings. The number of rotatable bonds is 36. The summed E-state index contributed by atoms with van der Waals surface area (Å²) in [6.07, 6.45) is 52.8. The van der Waals surface area contributed by atoms with Crippen LogP contribution >= 0.6 is 7.82 Å². The number of allylic oxidation sites excluding steroid dienone is 18. The van der Waals surface area contributed by atoms with E-state index in [1.807, 2.05) is 12.2 Å². The third-order valence-corrected chi connectivity index (χ3v) is 8.64. The highest BCUT2D eigenvalue weighted by Gasteiger charge is 2.25. The van der Waals surface area contributed by atoms with Gasteiger partial charge in [-0.2, -0.15) is 0 Å². The normalized spacial score (nSPS) is 14.5. The first-order valence-electron chi connectivity index (χ1n) is 20.4. The maximum absolute atomic E-state index is 12.5. The van der Waals surface area contributed by atoms with Gasteiger partial charge in [-0.25, -0.2) is 4.57 Å². The first-order chi connectivity index (χ1) is 26.8. The summed E-state index contributed by atoms with van der Waals surface area (Å²) in [6, 6.07) is 0. The van der Waals surface area contributed by atoms with E-state index in [0.29, 0.717) is 12.8 Å². The summed E-state index contributed by atoms with van der Waals surface area (Å²) < 4.78 is 32.6. The first kappa shape index (κ1) is 51.7. The van der Waals surface area contributed by atoms with E-state index in [0.717, 1.165) is 64.2 Å². The van der Waals surface area contributed by atoms with Crippen molar-refractivity contribution in [1.82, 2.24) is 0 Å². The van der Waals surface area contributed by atoms with Crippen LogP contribution in [-0.2, 0) is 32.7 Å². The van der Waals surface area contributed by atoms with Crippen LogP contribution in [0.1, 0.15) is 129 Å². The second kappa shape index (κ2) is 40.3. The van der Waals surface area contributed by atoms with Crippen LogP contribution in [-0.4, -0.2) is 49.3 Å². The van der Waals surface area contributed by atoms with Gasteiger partial charge in [-0.05, 0) is 89.9 Å². The molecule has 0 aliphatic carbocycles. The monoisotopic (exact) mass is 785 g/mol. The van der Waals surface area contributed by atoms with Gasteiger partial charge in [-0.15, -0.1) is 0 Å². The number of carbonyl (C=O) groups is 2.